The number of carbonyl (C=O) groups is 2. The number of alkyl halides is 3. The Balaban J connectivity index is 2.20. The lowest BCUT2D eigenvalue weighted by Gasteiger charge is -2.18. The molecule has 0 heterocycles. The van der Waals surface area contributed by atoms with E-state index in [0.29, 0.717) is 54.3 Å². The number of nitrogens with zero attached hydrogens (tertiary/aromatic N) is 1. The minimum Gasteiger partial charge on any atom is -0.379 e. The van der Waals surface area contributed by atoms with Gasteiger partial charge in [-0.15, -0.1) is 11.8 Å². The van der Waals surface area contributed by atoms with Gasteiger partial charge in [-0.2, -0.15) is 17.5 Å². The highest BCUT2D eigenvalue weighted by atomic mass is 32.2. The van der Waals surface area contributed by atoms with Gasteiger partial charge in [-0.1, -0.05) is 18.2 Å². The maximum Gasteiger partial charge on any atom is 0.470 e. The molecule has 0 saturated heterocycles. The maximum absolute atomic E-state index is 12.7. The van der Waals surface area contributed by atoms with Crippen molar-refractivity contribution in [3.05, 3.63) is 41.5 Å². The van der Waals surface area contributed by atoms with Gasteiger partial charge in [0.1, 0.15) is 12.0 Å². The van der Waals surface area contributed by atoms with Crippen LogP contribution in [0.25, 0.3) is 10.8 Å². The Morgan fingerprint density at radius 1 is 1.13 bits per heavy atom. The molecule has 0 aliphatic carbocycles. The topological polar surface area (TPSA) is 65.1 Å². The van der Waals surface area contributed by atoms with E-state index >= 15 is 0 Å². The highest BCUT2D eigenvalue weighted by Gasteiger charge is 2.32. The van der Waals surface area contributed by atoms with E-state index in [-0.39, 0.29) is 11.1 Å². The quantitative estimate of drug-likeness (QED) is 0.141. The second kappa shape index (κ2) is 12.3. The number of halogens is 3. The molecule has 1 amide bonds. The van der Waals surface area contributed by atoms with Crippen LogP contribution in [0.5, 0.6) is 0 Å². The van der Waals surface area contributed by atoms with E-state index in [0.717, 1.165) is 11.9 Å². The summed E-state index contributed by atoms with van der Waals surface area (Å²) >= 11 is 0.697. The molecule has 0 aromatic heterocycles. The average Bonchev–Trinajstić information content (AvgIpc) is 2.75. The van der Waals surface area contributed by atoms with Crippen LogP contribution in [0.1, 0.15) is 27.6 Å². The zero-order valence-corrected chi connectivity index (χ0v) is 18.6. The molecule has 0 radical (unpaired) electrons. The summed E-state index contributed by atoms with van der Waals surface area (Å²) in [6, 6.07) is 8.15. The predicted molar refractivity (Wildman–Crippen MR) is 114 cm³/mol. The zero-order chi connectivity index (χ0) is 22.9. The summed E-state index contributed by atoms with van der Waals surface area (Å²) in [5.41, 5.74) is -4.33. The summed E-state index contributed by atoms with van der Waals surface area (Å²) in [6.45, 7) is 4.02. The molecular weight excluding hydrogens is 455 g/mol. The Morgan fingerprint density at radius 2 is 1.87 bits per heavy atom. The van der Waals surface area contributed by atoms with Crippen molar-refractivity contribution in [2.24, 2.45) is 0 Å². The Morgan fingerprint density at radius 3 is 2.55 bits per heavy atom. The van der Waals surface area contributed by atoms with Crippen molar-refractivity contribution >= 4 is 46.8 Å². The van der Waals surface area contributed by atoms with Gasteiger partial charge in [0.25, 0.3) is 5.91 Å². The second-order valence-corrected chi connectivity index (χ2v) is 7.98. The Bertz CT molecular complexity index is 895. The first-order valence-corrected chi connectivity index (χ1v) is 11.0. The number of thioether (sulfide) groups is 1. The fourth-order valence-electron chi connectivity index (χ4n) is 2.69. The van der Waals surface area contributed by atoms with E-state index < -0.39 is 23.5 Å². The zero-order valence-electron chi connectivity index (χ0n) is 16.9. The first-order chi connectivity index (χ1) is 14.8. The largest absolute Gasteiger partial charge is 0.470 e. The predicted octanol–water partition coefficient (Wildman–Crippen LogP) is 4.97. The molecule has 31 heavy (non-hydrogen) atoms. The molecule has 0 unspecified atom stereocenters. The van der Waals surface area contributed by atoms with Gasteiger partial charge in [0.05, 0.1) is 25.4 Å². The smallest absolute Gasteiger partial charge is 0.379 e. The van der Waals surface area contributed by atoms with E-state index in [9.17, 15) is 22.8 Å². The number of benzene rings is 2. The number of rotatable bonds is 12. The number of fused-ring (bicyclic) bond motifs is 1. The standard InChI is InChI=1S/C20H22F3NO5S2/c1-3-27-9-10-28-11-12-30-17-8-7-16(18-14(13-25)5-4-6-15(17)18)19(26)24(2)29-31-20(21,22)23/h4-8,13H,3,9-12H2,1-2H3. The Kier molecular flexibility index (Phi) is 10.1. The van der Waals surface area contributed by atoms with Gasteiger partial charge in [-0.25, -0.2) is 5.06 Å². The molecule has 0 bridgehead atoms. The SMILES string of the molecule is CCOCCOCCSc1ccc(C(=O)N(C)OSC(F)(F)F)c2c(C=O)cccc12. The van der Waals surface area contributed by atoms with Crippen LogP contribution in [0.2, 0.25) is 0 Å². The summed E-state index contributed by atoms with van der Waals surface area (Å²) in [6.07, 6.45) is 0.607. The van der Waals surface area contributed by atoms with E-state index in [1.54, 1.807) is 24.3 Å². The number of aldehydes is 1. The van der Waals surface area contributed by atoms with Crippen molar-refractivity contribution < 1.29 is 36.5 Å². The molecular formula is C20H22F3NO5S2. The molecule has 170 valence electrons. The van der Waals surface area contributed by atoms with Crippen molar-refractivity contribution in [2.45, 2.75) is 17.3 Å². The summed E-state index contributed by atoms with van der Waals surface area (Å²) in [5.74, 6) is -0.169. The normalized spacial score (nSPS) is 11.6. The third kappa shape index (κ3) is 7.69. The van der Waals surface area contributed by atoms with Crippen LogP contribution in [0.3, 0.4) is 0 Å². The van der Waals surface area contributed by atoms with Crippen molar-refractivity contribution in [2.75, 3.05) is 39.2 Å². The number of hydroxylamine groups is 2. The third-order valence-corrected chi connectivity index (χ3v) is 5.51. The lowest BCUT2D eigenvalue weighted by molar-refractivity contribution is -0.0586. The maximum atomic E-state index is 12.7. The van der Waals surface area contributed by atoms with Gasteiger partial charge in [-0.3, -0.25) is 9.59 Å². The number of hydrogen-bond acceptors (Lipinski definition) is 7. The van der Waals surface area contributed by atoms with E-state index in [1.807, 2.05) is 6.92 Å². The van der Waals surface area contributed by atoms with E-state index in [4.69, 9.17) is 9.47 Å². The molecule has 0 N–H and O–H groups in total. The highest BCUT2D eigenvalue weighted by Crippen LogP contribution is 2.34. The van der Waals surface area contributed by atoms with Crippen LogP contribution in [0.15, 0.2) is 35.2 Å². The lowest BCUT2D eigenvalue weighted by atomic mass is 9.99. The molecule has 0 atom stereocenters. The van der Waals surface area contributed by atoms with Crippen molar-refractivity contribution in [1.29, 1.82) is 0 Å². The second-order valence-electron chi connectivity index (χ2n) is 6.06. The van der Waals surface area contributed by atoms with Gasteiger partial charge in [-0.05, 0) is 24.4 Å². The molecule has 2 aromatic carbocycles. The highest BCUT2D eigenvalue weighted by molar-refractivity contribution is 7.99. The number of amides is 1. The molecule has 0 aliphatic rings. The monoisotopic (exact) mass is 477 g/mol. The summed E-state index contributed by atoms with van der Waals surface area (Å²) in [7, 11) is 1.08. The van der Waals surface area contributed by atoms with Crippen molar-refractivity contribution in [3.8, 4) is 0 Å². The average molecular weight is 478 g/mol. The van der Waals surface area contributed by atoms with Gasteiger partial charge in [0, 0.05) is 35.3 Å². The van der Waals surface area contributed by atoms with Crippen LogP contribution < -0.4 is 0 Å². The Labute approximate surface area is 186 Å². The molecule has 0 saturated carbocycles. The van der Waals surface area contributed by atoms with Crippen molar-refractivity contribution in [3.63, 3.8) is 0 Å². The summed E-state index contributed by atoms with van der Waals surface area (Å²) < 4.78 is 52.3. The molecule has 11 heteroatoms. The Hall–Kier alpha value is -1.79. The van der Waals surface area contributed by atoms with Crippen LogP contribution in [0, 0.1) is 0 Å². The van der Waals surface area contributed by atoms with Gasteiger partial charge in [0.15, 0.2) is 6.29 Å². The third-order valence-electron chi connectivity index (χ3n) is 3.98. The molecule has 0 spiro atoms. The minimum atomic E-state index is -4.66. The first-order valence-electron chi connectivity index (χ1n) is 9.28. The van der Waals surface area contributed by atoms with Crippen LogP contribution in [0.4, 0.5) is 13.2 Å². The molecule has 2 aromatic rings. The van der Waals surface area contributed by atoms with Crippen LogP contribution in [-0.2, 0) is 13.8 Å². The van der Waals surface area contributed by atoms with Crippen LogP contribution in [-0.4, -0.2) is 62.0 Å². The fourth-order valence-corrected chi connectivity index (χ4v) is 3.86. The molecule has 6 nitrogen and oxygen atoms in total. The van der Waals surface area contributed by atoms with E-state index in [2.05, 4.69) is 4.28 Å². The molecule has 0 fully saturated rings. The molecule has 0 aliphatic heterocycles. The number of carbonyl (C=O) groups excluding carboxylic acids is 2. The van der Waals surface area contributed by atoms with Gasteiger partial charge >= 0.3 is 5.51 Å². The number of ether oxygens (including phenoxy) is 2. The lowest BCUT2D eigenvalue weighted by Crippen LogP contribution is -2.26. The van der Waals surface area contributed by atoms with Gasteiger partial charge < -0.3 is 9.47 Å². The molecule has 2 rings (SSSR count). The minimum absolute atomic E-state index is 0.0697. The summed E-state index contributed by atoms with van der Waals surface area (Å²) in [5, 5.41) is 1.50. The van der Waals surface area contributed by atoms with Crippen LogP contribution >= 0.6 is 23.8 Å². The van der Waals surface area contributed by atoms with Crippen molar-refractivity contribution in [1.82, 2.24) is 5.06 Å². The fraction of sp³-hybridized carbons (Fsp3) is 0.400. The number of hydrogen-bond donors (Lipinski definition) is 0. The van der Waals surface area contributed by atoms with Gasteiger partial charge in [0.2, 0.25) is 0 Å². The van der Waals surface area contributed by atoms with E-state index in [1.165, 1.54) is 17.8 Å². The summed E-state index contributed by atoms with van der Waals surface area (Å²) in [4.78, 5) is 25.1. The first kappa shape index (κ1) is 25.5.